The molecule has 1 heterocycles. The van der Waals surface area contributed by atoms with Gasteiger partial charge in [-0.3, -0.25) is 4.79 Å². The maximum Gasteiger partial charge on any atom is 0.248 e. The molecule has 0 bridgehead atoms. The maximum absolute atomic E-state index is 12.9. The van der Waals surface area contributed by atoms with Crippen LogP contribution in [0.15, 0.2) is 41.8 Å². The van der Waals surface area contributed by atoms with Crippen molar-refractivity contribution in [1.29, 1.82) is 0 Å². The fourth-order valence-corrected chi connectivity index (χ4v) is 3.95. The van der Waals surface area contributed by atoms with Gasteiger partial charge < -0.3 is 15.4 Å². The Bertz CT molecular complexity index is 651. The highest BCUT2D eigenvalue weighted by Gasteiger charge is 2.25. The van der Waals surface area contributed by atoms with Crippen molar-refractivity contribution in [2.45, 2.75) is 44.2 Å². The maximum atomic E-state index is 12.9. The number of carbonyl (C=O) groups is 1. The number of thiophene rings is 1. The van der Waals surface area contributed by atoms with Gasteiger partial charge in [-0.1, -0.05) is 37.5 Å². The average molecular weight is 344 g/mol. The Balaban J connectivity index is 1.77. The molecule has 1 amide bonds. The minimum Gasteiger partial charge on any atom is -0.495 e. The Hall–Kier alpha value is -2.01. The van der Waals surface area contributed by atoms with Crippen LogP contribution in [-0.4, -0.2) is 19.1 Å². The molecule has 5 heteroatoms. The van der Waals surface area contributed by atoms with E-state index in [1.807, 2.05) is 41.8 Å². The van der Waals surface area contributed by atoms with E-state index in [1.54, 1.807) is 18.4 Å². The number of ether oxygens (including phenoxy) is 1. The van der Waals surface area contributed by atoms with E-state index >= 15 is 0 Å². The molecule has 2 aromatic rings. The SMILES string of the molecule is COc1ccccc1NC(C(=O)NC1CCCCC1)c1cccs1. The lowest BCUT2D eigenvalue weighted by atomic mass is 9.95. The summed E-state index contributed by atoms with van der Waals surface area (Å²) in [4.78, 5) is 13.9. The van der Waals surface area contributed by atoms with Crippen LogP contribution in [0.4, 0.5) is 5.69 Å². The number of rotatable bonds is 6. The van der Waals surface area contributed by atoms with Crippen LogP contribution >= 0.6 is 11.3 Å². The van der Waals surface area contributed by atoms with Gasteiger partial charge in [0.1, 0.15) is 11.8 Å². The van der Waals surface area contributed by atoms with E-state index in [0.29, 0.717) is 6.04 Å². The summed E-state index contributed by atoms with van der Waals surface area (Å²) < 4.78 is 5.40. The van der Waals surface area contributed by atoms with Gasteiger partial charge in [0.15, 0.2) is 0 Å². The van der Waals surface area contributed by atoms with Crippen LogP contribution in [0, 0.1) is 0 Å². The third-order valence-electron chi connectivity index (χ3n) is 4.45. The standard InChI is InChI=1S/C19H24N2O2S/c1-23-16-11-6-5-10-15(16)21-18(17-12-7-13-24-17)19(22)20-14-8-3-2-4-9-14/h5-7,10-14,18,21H,2-4,8-9H2,1H3,(H,20,22). The van der Waals surface area contributed by atoms with Crippen LogP contribution in [0.2, 0.25) is 0 Å². The number of nitrogens with one attached hydrogen (secondary N) is 2. The van der Waals surface area contributed by atoms with E-state index in [1.165, 1.54) is 19.3 Å². The quantitative estimate of drug-likeness (QED) is 0.819. The molecular weight excluding hydrogens is 320 g/mol. The monoisotopic (exact) mass is 344 g/mol. The summed E-state index contributed by atoms with van der Waals surface area (Å²) in [5.74, 6) is 0.778. The molecule has 128 valence electrons. The summed E-state index contributed by atoms with van der Waals surface area (Å²) in [6, 6.07) is 11.6. The molecular formula is C19H24N2O2S. The molecule has 0 saturated heterocycles. The lowest BCUT2D eigenvalue weighted by Gasteiger charge is -2.26. The summed E-state index contributed by atoms with van der Waals surface area (Å²) in [7, 11) is 1.64. The van der Waals surface area contributed by atoms with Crippen LogP contribution in [0.1, 0.15) is 43.0 Å². The lowest BCUT2D eigenvalue weighted by Crippen LogP contribution is -2.41. The molecule has 2 N–H and O–H groups in total. The molecule has 1 atom stereocenters. The molecule has 4 nitrogen and oxygen atoms in total. The normalized spacial score (nSPS) is 16.4. The molecule has 1 aliphatic carbocycles. The highest BCUT2D eigenvalue weighted by molar-refractivity contribution is 7.10. The van der Waals surface area contributed by atoms with Gasteiger partial charge in [0.2, 0.25) is 5.91 Å². The second kappa shape index (κ2) is 8.20. The number of para-hydroxylation sites is 2. The summed E-state index contributed by atoms with van der Waals surface area (Å²) >= 11 is 1.59. The van der Waals surface area contributed by atoms with Crippen molar-refractivity contribution in [1.82, 2.24) is 5.32 Å². The van der Waals surface area contributed by atoms with Crippen LogP contribution in [0.25, 0.3) is 0 Å². The van der Waals surface area contributed by atoms with Gasteiger partial charge in [-0.25, -0.2) is 0 Å². The minimum atomic E-state index is -0.400. The zero-order valence-corrected chi connectivity index (χ0v) is 14.8. The topological polar surface area (TPSA) is 50.4 Å². The smallest absolute Gasteiger partial charge is 0.248 e. The molecule has 1 aromatic carbocycles. The van der Waals surface area contributed by atoms with Gasteiger partial charge in [-0.05, 0) is 36.4 Å². The first kappa shape index (κ1) is 16.8. The Morgan fingerprint density at radius 3 is 2.67 bits per heavy atom. The third-order valence-corrected chi connectivity index (χ3v) is 5.39. The zero-order chi connectivity index (χ0) is 16.8. The zero-order valence-electron chi connectivity index (χ0n) is 14.0. The molecule has 1 aliphatic rings. The predicted octanol–water partition coefficient (Wildman–Crippen LogP) is 4.36. The molecule has 0 aliphatic heterocycles. The molecule has 0 radical (unpaired) electrons. The molecule has 0 spiro atoms. The summed E-state index contributed by atoms with van der Waals surface area (Å²) in [6.45, 7) is 0. The number of amides is 1. The summed E-state index contributed by atoms with van der Waals surface area (Å²) in [5, 5.41) is 8.59. The van der Waals surface area contributed by atoms with Gasteiger partial charge in [0, 0.05) is 10.9 Å². The van der Waals surface area contributed by atoms with E-state index in [9.17, 15) is 4.79 Å². The fraction of sp³-hybridized carbons (Fsp3) is 0.421. The molecule has 24 heavy (non-hydrogen) atoms. The number of methoxy groups -OCH3 is 1. The molecule has 1 unspecified atom stereocenters. The number of carbonyl (C=O) groups excluding carboxylic acids is 1. The van der Waals surface area contributed by atoms with Gasteiger partial charge in [-0.2, -0.15) is 0 Å². The van der Waals surface area contributed by atoms with Gasteiger partial charge in [-0.15, -0.1) is 11.3 Å². The number of hydrogen-bond acceptors (Lipinski definition) is 4. The van der Waals surface area contributed by atoms with E-state index in [2.05, 4.69) is 10.6 Å². The summed E-state index contributed by atoms with van der Waals surface area (Å²) in [6.07, 6.45) is 5.85. The van der Waals surface area contributed by atoms with Crippen molar-refractivity contribution in [2.75, 3.05) is 12.4 Å². The van der Waals surface area contributed by atoms with Crippen molar-refractivity contribution < 1.29 is 9.53 Å². The van der Waals surface area contributed by atoms with Gasteiger partial charge >= 0.3 is 0 Å². The van der Waals surface area contributed by atoms with Crippen LogP contribution in [0.3, 0.4) is 0 Å². The van der Waals surface area contributed by atoms with Gasteiger partial charge in [0.05, 0.1) is 12.8 Å². The van der Waals surface area contributed by atoms with E-state index in [4.69, 9.17) is 4.74 Å². The van der Waals surface area contributed by atoms with Crippen molar-refractivity contribution in [3.05, 3.63) is 46.7 Å². The first-order valence-electron chi connectivity index (χ1n) is 8.51. The van der Waals surface area contributed by atoms with Crippen molar-refractivity contribution in [2.24, 2.45) is 0 Å². The molecule has 1 fully saturated rings. The van der Waals surface area contributed by atoms with Crippen molar-refractivity contribution in [3.63, 3.8) is 0 Å². The number of benzene rings is 1. The van der Waals surface area contributed by atoms with E-state index in [-0.39, 0.29) is 5.91 Å². The highest BCUT2D eigenvalue weighted by atomic mass is 32.1. The predicted molar refractivity (Wildman–Crippen MR) is 98.7 cm³/mol. The van der Waals surface area contributed by atoms with Crippen LogP contribution < -0.4 is 15.4 Å². The molecule has 1 saturated carbocycles. The van der Waals surface area contributed by atoms with E-state index < -0.39 is 6.04 Å². The lowest BCUT2D eigenvalue weighted by molar-refractivity contribution is -0.122. The second-order valence-electron chi connectivity index (χ2n) is 6.14. The highest BCUT2D eigenvalue weighted by Crippen LogP contribution is 2.30. The van der Waals surface area contributed by atoms with Crippen molar-refractivity contribution >= 4 is 22.9 Å². The number of hydrogen-bond donors (Lipinski definition) is 2. The molecule has 3 rings (SSSR count). The first-order chi connectivity index (χ1) is 11.8. The fourth-order valence-electron chi connectivity index (χ4n) is 3.17. The largest absolute Gasteiger partial charge is 0.495 e. The average Bonchev–Trinajstić information content (AvgIpc) is 3.15. The van der Waals surface area contributed by atoms with Crippen molar-refractivity contribution in [3.8, 4) is 5.75 Å². The van der Waals surface area contributed by atoms with Crippen LogP contribution in [-0.2, 0) is 4.79 Å². The summed E-state index contributed by atoms with van der Waals surface area (Å²) in [5.41, 5.74) is 0.831. The van der Waals surface area contributed by atoms with Crippen LogP contribution in [0.5, 0.6) is 5.75 Å². The minimum absolute atomic E-state index is 0.0373. The second-order valence-corrected chi connectivity index (χ2v) is 7.12. The van der Waals surface area contributed by atoms with E-state index in [0.717, 1.165) is 29.2 Å². The Kier molecular flexibility index (Phi) is 5.75. The third kappa shape index (κ3) is 4.09. The van der Waals surface area contributed by atoms with Gasteiger partial charge in [0.25, 0.3) is 0 Å². The Morgan fingerprint density at radius 2 is 1.96 bits per heavy atom. The Morgan fingerprint density at radius 1 is 1.17 bits per heavy atom. The first-order valence-corrected chi connectivity index (χ1v) is 9.39. The molecule has 1 aromatic heterocycles. The number of anilines is 1. The Labute approximate surface area is 147 Å².